The Labute approximate surface area is 180 Å². The third kappa shape index (κ3) is 3.59. The zero-order valence-corrected chi connectivity index (χ0v) is 17.8. The predicted molar refractivity (Wildman–Crippen MR) is 117 cm³/mol. The summed E-state index contributed by atoms with van der Waals surface area (Å²) in [7, 11) is 0. The van der Waals surface area contributed by atoms with Crippen LogP contribution in [-0.4, -0.2) is 35.1 Å². The first-order valence-electron chi connectivity index (χ1n) is 9.87. The number of nitriles is 1. The molecule has 0 aromatic heterocycles. The standard InChI is InChI=1S/C23H23N3O3S/c1-3-29-21-10-16(8-9-20(21)27)17-11-22(28)26-13-25(14-30-23(26)18(17)12-24)19-7-5-4-6-15(19)2/h4-10,17,27H,3,11,13-14H2,1-2H3/t17-/m0/s1. The number of rotatable bonds is 4. The number of thioether (sulfide) groups is 1. The molecule has 1 saturated heterocycles. The smallest absolute Gasteiger partial charge is 0.229 e. The molecular weight excluding hydrogens is 398 g/mol. The Bertz CT molecular complexity index is 1060. The number of hydrogen-bond acceptors (Lipinski definition) is 6. The topological polar surface area (TPSA) is 76.8 Å². The largest absolute Gasteiger partial charge is 0.504 e. The highest BCUT2D eigenvalue weighted by atomic mass is 32.2. The summed E-state index contributed by atoms with van der Waals surface area (Å²) in [5.74, 6) is 0.740. The number of para-hydroxylation sites is 1. The van der Waals surface area contributed by atoms with Gasteiger partial charge in [-0.25, -0.2) is 0 Å². The molecule has 0 saturated carbocycles. The van der Waals surface area contributed by atoms with Gasteiger partial charge in [-0.15, -0.1) is 0 Å². The molecule has 0 spiro atoms. The van der Waals surface area contributed by atoms with Crippen molar-refractivity contribution in [3.63, 3.8) is 0 Å². The monoisotopic (exact) mass is 421 g/mol. The molecule has 0 unspecified atom stereocenters. The van der Waals surface area contributed by atoms with E-state index in [1.165, 1.54) is 11.8 Å². The molecule has 1 N–H and O–H groups in total. The lowest BCUT2D eigenvalue weighted by Crippen LogP contribution is -2.47. The number of carbonyl (C=O) groups is 1. The van der Waals surface area contributed by atoms with Crippen LogP contribution in [0.4, 0.5) is 5.69 Å². The number of phenolic OH excluding ortho intramolecular Hbond substituents is 1. The first kappa shape index (κ1) is 20.2. The fourth-order valence-electron chi connectivity index (χ4n) is 3.94. The number of aromatic hydroxyl groups is 1. The van der Waals surface area contributed by atoms with Crippen molar-refractivity contribution >= 4 is 23.4 Å². The number of nitrogens with zero attached hydrogens (tertiary/aromatic N) is 3. The van der Waals surface area contributed by atoms with Crippen LogP contribution in [0.15, 0.2) is 53.1 Å². The molecule has 2 aromatic carbocycles. The molecule has 1 amide bonds. The number of carbonyl (C=O) groups excluding carboxylic acids is 1. The number of allylic oxidation sites excluding steroid dienone is 1. The van der Waals surface area contributed by atoms with Crippen LogP contribution < -0.4 is 9.64 Å². The normalized spacial score (nSPS) is 18.8. The molecule has 6 nitrogen and oxygen atoms in total. The summed E-state index contributed by atoms with van der Waals surface area (Å²) < 4.78 is 5.49. The van der Waals surface area contributed by atoms with Crippen LogP contribution >= 0.6 is 11.8 Å². The maximum Gasteiger partial charge on any atom is 0.229 e. The van der Waals surface area contributed by atoms with Gasteiger partial charge in [0, 0.05) is 18.0 Å². The van der Waals surface area contributed by atoms with Gasteiger partial charge in [0.15, 0.2) is 11.5 Å². The van der Waals surface area contributed by atoms with Crippen molar-refractivity contribution in [2.75, 3.05) is 24.1 Å². The molecule has 0 bridgehead atoms. The van der Waals surface area contributed by atoms with Gasteiger partial charge in [-0.1, -0.05) is 36.0 Å². The minimum absolute atomic E-state index is 0.00850. The second-order valence-corrected chi connectivity index (χ2v) is 8.24. The molecule has 1 fully saturated rings. The van der Waals surface area contributed by atoms with Gasteiger partial charge in [0.1, 0.15) is 0 Å². The number of hydrogen-bond donors (Lipinski definition) is 1. The van der Waals surface area contributed by atoms with E-state index in [0.29, 0.717) is 30.5 Å². The van der Waals surface area contributed by atoms with Gasteiger partial charge in [0.05, 0.1) is 35.8 Å². The molecule has 30 heavy (non-hydrogen) atoms. The van der Waals surface area contributed by atoms with Crippen LogP contribution in [-0.2, 0) is 4.79 Å². The number of ether oxygens (including phenoxy) is 1. The SMILES string of the molecule is CCOc1cc([C@@H]2CC(=O)N3CN(c4ccccc4C)CSC3=C2C#N)ccc1O. The Morgan fingerprint density at radius 2 is 2.10 bits per heavy atom. The van der Waals surface area contributed by atoms with Gasteiger partial charge in [-0.2, -0.15) is 5.26 Å². The molecule has 2 aromatic rings. The molecule has 2 heterocycles. The molecule has 0 aliphatic carbocycles. The van der Waals surface area contributed by atoms with E-state index >= 15 is 0 Å². The van der Waals surface area contributed by atoms with Gasteiger partial charge in [0.2, 0.25) is 5.91 Å². The fourth-order valence-corrected chi connectivity index (χ4v) is 5.09. The minimum Gasteiger partial charge on any atom is -0.504 e. The number of aryl methyl sites for hydroxylation is 1. The van der Waals surface area contributed by atoms with Crippen molar-refractivity contribution in [3.05, 3.63) is 64.2 Å². The summed E-state index contributed by atoms with van der Waals surface area (Å²) in [5, 5.41) is 20.7. The molecule has 2 aliphatic heterocycles. The summed E-state index contributed by atoms with van der Waals surface area (Å²) >= 11 is 1.52. The molecule has 1 atom stereocenters. The van der Waals surface area contributed by atoms with E-state index in [2.05, 4.69) is 30.0 Å². The van der Waals surface area contributed by atoms with Crippen LogP contribution in [0.5, 0.6) is 11.5 Å². The first-order chi connectivity index (χ1) is 14.5. The van der Waals surface area contributed by atoms with Gasteiger partial charge >= 0.3 is 0 Å². The number of phenols is 1. The molecule has 154 valence electrons. The quantitative estimate of drug-likeness (QED) is 0.792. The molecule has 0 radical (unpaired) electrons. The highest BCUT2D eigenvalue weighted by Gasteiger charge is 2.38. The Morgan fingerprint density at radius 1 is 1.30 bits per heavy atom. The third-order valence-corrected chi connectivity index (χ3v) is 6.59. The highest BCUT2D eigenvalue weighted by Crippen LogP contribution is 2.44. The van der Waals surface area contributed by atoms with Crippen molar-refractivity contribution in [1.29, 1.82) is 5.26 Å². The van der Waals surface area contributed by atoms with Crippen LogP contribution in [0, 0.1) is 18.3 Å². The second kappa shape index (κ2) is 8.33. The number of fused-ring (bicyclic) bond motifs is 1. The molecule has 7 heteroatoms. The summed E-state index contributed by atoms with van der Waals surface area (Å²) in [5.41, 5.74) is 3.64. The lowest BCUT2D eigenvalue weighted by molar-refractivity contribution is -0.129. The maximum absolute atomic E-state index is 13.1. The molecule has 4 rings (SSSR count). The molecular formula is C23H23N3O3S. The van der Waals surface area contributed by atoms with E-state index in [4.69, 9.17) is 4.74 Å². The zero-order chi connectivity index (χ0) is 21.3. The van der Waals surface area contributed by atoms with E-state index < -0.39 is 0 Å². The summed E-state index contributed by atoms with van der Waals surface area (Å²) in [6.07, 6.45) is 0.213. The number of benzene rings is 2. The Balaban J connectivity index is 1.67. The van der Waals surface area contributed by atoms with E-state index in [9.17, 15) is 15.2 Å². The van der Waals surface area contributed by atoms with E-state index in [-0.39, 0.29) is 24.0 Å². The minimum atomic E-state index is -0.342. The van der Waals surface area contributed by atoms with Crippen molar-refractivity contribution in [1.82, 2.24) is 4.90 Å². The number of amides is 1. The van der Waals surface area contributed by atoms with Gasteiger partial charge < -0.3 is 14.7 Å². The average molecular weight is 422 g/mol. The van der Waals surface area contributed by atoms with Gasteiger partial charge in [0.25, 0.3) is 0 Å². The Morgan fingerprint density at radius 3 is 2.83 bits per heavy atom. The highest BCUT2D eigenvalue weighted by molar-refractivity contribution is 8.03. The second-order valence-electron chi connectivity index (χ2n) is 7.31. The van der Waals surface area contributed by atoms with Gasteiger partial charge in [-0.05, 0) is 43.2 Å². The van der Waals surface area contributed by atoms with E-state index in [1.54, 1.807) is 23.1 Å². The van der Waals surface area contributed by atoms with Gasteiger partial charge in [-0.3, -0.25) is 9.69 Å². The van der Waals surface area contributed by atoms with Crippen LogP contribution in [0.3, 0.4) is 0 Å². The third-order valence-electron chi connectivity index (χ3n) is 5.44. The fraction of sp³-hybridized carbons (Fsp3) is 0.304. The lowest BCUT2D eigenvalue weighted by Gasteiger charge is -2.42. The van der Waals surface area contributed by atoms with E-state index in [1.807, 2.05) is 19.1 Å². The van der Waals surface area contributed by atoms with Crippen molar-refractivity contribution in [2.24, 2.45) is 0 Å². The van der Waals surface area contributed by atoms with Crippen molar-refractivity contribution in [2.45, 2.75) is 26.2 Å². The van der Waals surface area contributed by atoms with E-state index in [0.717, 1.165) is 21.8 Å². The summed E-state index contributed by atoms with van der Waals surface area (Å²) in [6, 6.07) is 15.5. The number of anilines is 1. The zero-order valence-electron chi connectivity index (χ0n) is 17.0. The predicted octanol–water partition coefficient (Wildman–Crippen LogP) is 4.32. The van der Waals surface area contributed by atoms with Crippen LogP contribution in [0.2, 0.25) is 0 Å². The summed E-state index contributed by atoms with van der Waals surface area (Å²) in [6.45, 7) is 4.76. The molecule has 2 aliphatic rings. The maximum atomic E-state index is 13.1. The van der Waals surface area contributed by atoms with Crippen LogP contribution in [0.1, 0.15) is 30.4 Å². The lowest BCUT2D eigenvalue weighted by atomic mass is 9.86. The average Bonchev–Trinajstić information content (AvgIpc) is 2.75. The van der Waals surface area contributed by atoms with Crippen LogP contribution in [0.25, 0.3) is 0 Å². The Kier molecular flexibility index (Phi) is 5.60. The van der Waals surface area contributed by atoms with Crippen molar-refractivity contribution < 1.29 is 14.6 Å². The van der Waals surface area contributed by atoms with Crippen molar-refractivity contribution in [3.8, 4) is 17.6 Å². The summed E-state index contributed by atoms with van der Waals surface area (Å²) in [4.78, 5) is 17.0. The Hall–Kier alpha value is -3.11. The first-order valence-corrected chi connectivity index (χ1v) is 10.9.